The van der Waals surface area contributed by atoms with Crippen LogP contribution in [0.1, 0.15) is 47.3 Å². The van der Waals surface area contributed by atoms with Gasteiger partial charge in [-0.15, -0.1) is 0 Å². The van der Waals surface area contributed by atoms with Crippen molar-refractivity contribution in [1.29, 1.82) is 0 Å². The van der Waals surface area contributed by atoms with Gasteiger partial charge < -0.3 is 10.1 Å². The minimum absolute atomic E-state index is 0.308. The molecule has 4 rings (SSSR count). The molecule has 1 aliphatic carbocycles. The predicted molar refractivity (Wildman–Crippen MR) is 127 cm³/mol. The van der Waals surface area contributed by atoms with Gasteiger partial charge in [-0.1, -0.05) is 60.5 Å². The number of hydrogen-bond donors (Lipinski definition) is 1. The Hall–Kier alpha value is -3.12. The molecule has 1 aromatic heterocycles. The number of rotatable bonds is 8. The third kappa shape index (κ3) is 4.96. The molecular formula is C26H28ClN3O3. The zero-order chi connectivity index (χ0) is 23.4. The summed E-state index contributed by atoms with van der Waals surface area (Å²) in [5, 5.41) is 8.06. The maximum Gasteiger partial charge on any atom is 0.317 e. The molecule has 0 spiro atoms. The molecule has 1 fully saturated rings. The third-order valence-electron chi connectivity index (χ3n) is 6.48. The van der Waals surface area contributed by atoms with E-state index >= 15 is 0 Å². The van der Waals surface area contributed by atoms with E-state index in [4.69, 9.17) is 16.3 Å². The molecule has 172 valence electrons. The van der Waals surface area contributed by atoms with E-state index in [1.807, 2.05) is 48.9 Å². The fraction of sp³-hybridized carbons (Fsp3) is 0.346. The Kier molecular flexibility index (Phi) is 6.84. The van der Waals surface area contributed by atoms with Crippen molar-refractivity contribution in [1.82, 2.24) is 15.1 Å². The first-order valence-electron chi connectivity index (χ1n) is 11.2. The van der Waals surface area contributed by atoms with Gasteiger partial charge in [0.15, 0.2) is 6.61 Å². The van der Waals surface area contributed by atoms with Gasteiger partial charge in [0.25, 0.3) is 5.91 Å². The molecule has 0 saturated heterocycles. The highest BCUT2D eigenvalue weighted by molar-refractivity contribution is 6.30. The SMILES string of the molecule is Cc1nn(Cc2ccccc2)c(C)c1CNC(=O)COC(=O)C1(c2cccc(Cl)c2)CCC1. The zero-order valence-corrected chi connectivity index (χ0v) is 19.7. The van der Waals surface area contributed by atoms with Crippen LogP contribution in [-0.2, 0) is 32.8 Å². The summed E-state index contributed by atoms with van der Waals surface area (Å²) in [6, 6.07) is 17.4. The highest BCUT2D eigenvalue weighted by Gasteiger charge is 2.47. The summed E-state index contributed by atoms with van der Waals surface area (Å²) < 4.78 is 7.37. The molecule has 0 aliphatic heterocycles. The van der Waals surface area contributed by atoms with E-state index in [1.165, 1.54) is 0 Å². The lowest BCUT2D eigenvalue weighted by atomic mass is 9.64. The van der Waals surface area contributed by atoms with Crippen molar-refractivity contribution in [3.8, 4) is 0 Å². The third-order valence-corrected chi connectivity index (χ3v) is 6.71. The monoisotopic (exact) mass is 465 g/mol. The second kappa shape index (κ2) is 9.79. The summed E-state index contributed by atoms with van der Waals surface area (Å²) in [5.41, 5.74) is 4.16. The quantitative estimate of drug-likeness (QED) is 0.498. The number of esters is 1. The number of halogens is 1. The van der Waals surface area contributed by atoms with Crippen LogP contribution < -0.4 is 5.32 Å². The summed E-state index contributed by atoms with van der Waals surface area (Å²) in [6.07, 6.45) is 2.35. The van der Waals surface area contributed by atoms with Crippen LogP contribution in [0.25, 0.3) is 0 Å². The molecule has 0 bridgehead atoms. The molecule has 2 aromatic carbocycles. The highest BCUT2D eigenvalue weighted by atomic mass is 35.5. The van der Waals surface area contributed by atoms with Crippen LogP contribution in [0.2, 0.25) is 5.02 Å². The van der Waals surface area contributed by atoms with Gasteiger partial charge in [-0.3, -0.25) is 14.3 Å². The molecule has 1 aliphatic rings. The Bertz CT molecular complexity index is 1150. The van der Waals surface area contributed by atoms with E-state index in [0.717, 1.165) is 34.5 Å². The van der Waals surface area contributed by atoms with Gasteiger partial charge in [-0.2, -0.15) is 5.10 Å². The van der Waals surface area contributed by atoms with E-state index in [-0.39, 0.29) is 18.5 Å². The summed E-state index contributed by atoms with van der Waals surface area (Å²) in [4.78, 5) is 25.3. The molecule has 33 heavy (non-hydrogen) atoms. The van der Waals surface area contributed by atoms with Crippen LogP contribution in [0.15, 0.2) is 54.6 Å². The number of carbonyl (C=O) groups excluding carboxylic acids is 2. The van der Waals surface area contributed by atoms with Gasteiger partial charge in [0, 0.05) is 22.8 Å². The molecule has 1 saturated carbocycles. The Morgan fingerprint density at radius 3 is 2.55 bits per heavy atom. The number of nitrogens with one attached hydrogen (secondary N) is 1. The van der Waals surface area contributed by atoms with Gasteiger partial charge in [0.1, 0.15) is 0 Å². The van der Waals surface area contributed by atoms with Crippen LogP contribution >= 0.6 is 11.6 Å². The lowest BCUT2D eigenvalue weighted by Gasteiger charge is -2.39. The number of aryl methyl sites for hydroxylation is 1. The van der Waals surface area contributed by atoms with Crippen molar-refractivity contribution in [3.63, 3.8) is 0 Å². The second-order valence-corrected chi connectivity index (χ2v) is 9.03. The van der Waals surface area contributed by atoms with Gasteiger partial charge in [-0.25, -0.2) is 0 Å². The zero-order valence-electron chi connectivity index (χ0n) is 18.9. The first-order valence-corrected chi connectivity index (χ1v) is 11.5. The normalized spacial score (nSPS) is 14.4. The highest BCUT2D eigenvalue weighted by Crippen LogP contribution is 2.45. The van der Waals surface area contributed by atoms with Gasteiger partial charge in [0.2, 0.25) is 0 Å². The minimum Gasteiger partial charge on any atom is -0.455 e. The van der Waals surface area contributed by atoms with Crippen molar-refractivity contribution >= 4 is 23.5 Å². The summed E-state index contributed by atoms with van der Waals surface area (Å²) in [5.74, 6) is -0.701. The number of nitrogens with zero attached hydrogens (tertiary/aromatic N) is 2. The fourth-order valence-electron chi connectivity index (χ4n) is 4.33. The topological polar surface area (TPSA) is 73.2 Å². The fourth-order valence-corrected chi connectivity index (χ4v) is 4.52. The van der Waals surface area contributed by atoms with Gasteiger partial charge in [0.05, 0.1) is 17.7 Å². The number of benzene rings is 2. The number of amides is 1. The van der Waals surface area contributed by atoms with Gasteiger partial charge >= 0.3 is 5.97 Å². The van der Waals surface area contributed by atoms with Gasteiger partial charge in [-0.05, 0) is 49.9 Å². The smallest absolute Gasteiger partial charge is 0.317 e. The van der Waals surface area contributed by atoms with Crippen LogP contribution in [0, 0.1) is 13.8 Å². The van der Waals surface area contributed by atoms with Crippen LogP contribution in [0.5, 0.6) is 0 Å². The summed E-state index contributed by atoms with van der Waals surface area (Å²) in [6.45, 7) is 4.63. The first kappa shape index (κ1) is 23.1. The van der Waals surface area contributed by atoms with E-state index in [0.29, 0.717) is 31.0 Å². The molecule has 6 nitrogen and oxygen atoms in total. The predicted octanol–water partition coefficient (Wildman–Crippen LogP) is 4.48. The number of hydrogen-bond acceptors (Lipinski definition) is 4. The molecule has 1 amide bonds. The largest absolute Gasteiger partial charge is 0.455 e. The standard InChI is InChI=1S/C26H28ClN3O3/c1-18-23(19(2)30(29-18)16-20-8-4-3-5-9-20)15-28-24(31)17-33-25(32)26(12-7-13-26)21-10-6-11-22(27)14-21/h3-6,8-11,14H,7,12-13,15-17H2,1-2H3,(H,28,31). The van der Waals surface area contributed by atoms with Crippen molar-refractivity contribution in [2.75, 3.05) is 6.61 Å². The van der Waals surface area contributed by atoms with Crippen molar-refractivity contribution in [2.24, 2.45) is 0 Å². The number of carbonyl (C=O) groups is 2. The summed E-state index contributed by atoms with van der Waals surface area (Å²) in [7, 11) is 0. The van der Waals surface area contributed by atoms with Crippen molar-refractivity contribution in [2.45, 2.75) is 51.6 Å². The lowest BCUT2D eigenvalue weighted by Crippen LogP contribution is -2.44. The van der Waals surface area contributed by atoms with E-state index < -0.39 is 5.41 Å². The van der Waals surface area contributed by atoms with Crippen LogP contribution in [0.3, 0.4) is 0 Å². The lowest BCUT2D eigenvalue weighted by molar-refractivity contribution is -0.157. The summed E-state index contributed by atoms with van der Waals surface area (Å²) >= 11 is 6.11. The van der Waals surface area contributed by atoms with Crippen LogP contribution in [-0.4, -0.2) is 28.3 Å². The van der Waals surface area contributed by atoms with E-state index in [2.05, 4.69) is 22.5 Å². The average molecular weight is 466 g/mol. The molecule has 0 unspecified atom stereocenters. The minimum atomic E-state index is -0.697. The maximum absolute atomic E-state index is 12.9. The molecule has 1 N–H and O–H groups in total. The van der Waals surface area contributed by atoms with Crippen LogP contribution in [0.4, 0.5) is 0 Å². The van der Waals surface area contributed by atoms with E-state index in [1.54, 1.807) is 12.1 Å². The Balaban J connectivity index is 1.33. The molecule has 3 aromatic rings. The average Bonchev–Trinajstić information content (AvgIpc) is 3.03. The number of ether oxygens (including phenoxy) is 1. The molecule has 7 heteroatoms. The molecule has 0 radical (unpaired) electrons. The molecular weight excluding hydrogens is 438 g/mol. The maximum atomic E-state index is 12.9. The molecule has 0 atom stereocenters. The van der Waals surface area contributed by atoms with Crippen molar-refractivity contribution < 1.29 is 14.3 Å². The Morgan fingerprint density at radius 1 is 1.12 bits per heavy atom. The Morgan fingerprint density at radius 2 is 1.88 bits per heavy atom. The van der Waals surface area contributed by atoms with Crippen molar-refractivity contribution in [3.05, 3.63) is 87.7 Å². The molecule has 1 heterocycles. The first-order chi connectivity index (χ1) is 15.9. The Labute approximate surface area is 198 Å². The number of aromatic nitrogens is 2. The van der Waals surface area contributed by atoms with E-state index in [9.17, 15) is 9.59 Å². The second-order valence-electron chi connectivity index (χ2n) is 8.59.